The number of rotatable bonds is 6. The van der Waals surface area contributed by atoms with E-state index < -0.39 is 0 Å². The van der Waals surface area contributed by atoms with Gasteiger partial charge >= 0.3 is 0 Å². The molecular weight excluding hydrogens is 234 g/mol. The summed E-state index contributed by atoms with van der Waals surface area (Å²) in [6.45, 7) is 6.50. The molecule has 4 heteroatoms. The van der Waals surface area contributed by atoms with Crippen molar-refractivity contribution in [3.8, 4) is 0 Å². The van der Waals surface area contributed by atoms with Gasteiger partial charge in [-0.25, -0.2) is 0 Å². The van der Waals surface area contributed by atoms with Crippen LogP contribution >= 0.6 is 11.6 Å². The Hall–Kier alpha value is -0.610. The SMILES string of the molecule is CC(C)(CNCC(N)CN)c1ccc(Cl)cc1. The summed E-state index contributed by atoms with van der Waals surface area (Å²) < 4.78 is 0. The molecule has 1 rings (SSSR count). The fourth-order valence-electron chi connectivity index (χ4n) is 1.66. The van der Waals surface area contributed by atoms with Crippen LogP contribution in [0.5, 0.6) is 0 Å². The van der Waals surface area contributed by atoms with Gasteiger partial charge in [0, 0.05) is 36.1 Å². The molecule has 96 valence electrons. The first-order chi connectivity index (χ1) is 7.95. The molecule has 1 atom stereocenters. The van der Waals surface area contributed by atoms with Crippen LogP contribution in [0.3, 0.4) is 0 Å². The number of nitrogens with two attached hydrogens (primary N) is 2. The Morgan fingerprint density at radius 2 is 1.88 bits per heavy atom. The summed E-state index contributed by atoms with van der Waals surface area (Å²) in [7, 11) is 0. The van der Waals surface area contributed by atoms with Gasteiger partial charge in [0.05, 0.1) is 0 Å². The van der Waals surface area contributed by atoms with E-state index in [2.05, 4.69) is 31.3 Å². The zero-order valence-corrected chi connectivity index (χ0v) is 11.3. The summed E-state index contributed by atoms with van der Waals surface area (Å²) in [5, 5.41) is 4.12. The van der Waals surface area contributed by atoms with Gasteiger partial charge in [-0.2, -0.15) is 0 Å². The number of hydrogen-bond donors (Lipinski definition) is 3. The van der Waals surface area contributed by atoms with Crippen LogP contribution in [0, 0.1) is 0 Å². The van der Waals surface area contributed by atoms with E-state index in [4.69, 9.17) is 23.1 Å². The second kappa shape index (κ2) is 6.36. The summed E-state index contributed by atoms with van der Waals surface area (Å²) in [5.41, 5.74) is 12.5. The van der Waals surface area contributed by atoms with E-state index in [1.54, 1.807) is 0 Å². The highest BCUT2D eigenvalue weighted by Gasteiger charge is 2.20. The monoisotopic (exact) mass is 255 g/mol. The molecular formula is C13H22ClN3. The van der Waals surface area contributed by atoms with Gasteiger partial charge in [0.25, 0.3) is 0 Å². The third kappa shape index (κ3) is 4.64. The summed E-state index contributed by atoms with van der Waals surface area (Å²) in [5.74, 6) is 0. The quantitative estimate of drug-likeness (QED) is 0.722. The molecule has 5 N–H and O–H groups in total. The van der Waals surface area contributed by atoms with Crippen molar-refractivity contribution in [1.82, 2.24) is 5.32 Å². The largest absolute Gasteiger partial charge is 0.329 e. The van der Waals surface area contributed by atoms with E-state index in [0.717, 1.165) is 18.1 Å². The molecule has 1 unspecified atom stereocenters. The van der Waals surface area contributed by atoms with Gasteiger partial charge in [-0.3, -0.25) is 0 Å². The van der Waals surface area contributed by atoms with E-state index in [-0.39, 0.29) is 11.5 Å². The Bertz CT molecular complexity index is 335. The molecule has 0 aliphatic rings. The van der Waals surface area contributed by atoms with Crippen molar-refractivity contribution in [3.05, 3.63) is 34.9 Å². The van der Waals surface area contributed by atoms with Crippen LogP contribution in [0.2, 0.25) is 5.02 Å². The summed E-state index contributed by atoms with van der Waals surface area (Å²) in [6, 6.07) is 7.99. The second-order valence-corrected chi connectivity index (χ2v) is 5.45. The predicted molar refractivity (Wildman–Crippen MR) is 74.4 cm³/mol. The Balaban J connectivity index is 2.53. The normalized spacial score (nSPS) is 13.7. The molecule has 1 aromatic carbocycles. The number of halogens is 1. The lowest BCUT2D eigenvalue weighted by atomic mass is 9.84. The van der Waals surface area contributed by atoms with Crippen LogP contribution in [-0.4, -0.2) is 25.7 Å². The minimum Gasteiger partial charge on any atom is -0.329 e. The fourth-order valence-corrected chi connectivity index (χ4v) is 1.78. The highest BCUT2D eigenvalue weighted by Crippen LogP contribution is 2.23. The van der Waals surface area contributed by atoms with Crippen molar-refractivity contribution in [3.63, 3.8) is 0 Å². The molecule has 0 aromatic heterocycles. The molecule has 0 radical (unpaired) electrons. The van der Waals surface area contributed by atoms with Crippen LogP contribution in [0.25, 0.3) is 0 Å². The van der Waals surface area contributed by atoms with Gasteiger partial charge in [-0.05, 0) is 17.7 Å². The predicted octanol–water partition coefficient (Wildman–Crippen LogP) is 1.49. The van der Waals surface area contributed by atoms with Gasteiger partial charge in [0.1, 0.15) is 0 Å². The van der Waals surface area contributed by atoms with Gasteiger partial charge in [-0.1, -0.05) is 37.6 Å². The van der Waals surface area contributed by atoms with Crippen molar-refractivity contribution < 1.29 is 0 Å². The molecule has 0 saturated heterocycles. The standard InChI is InChI=1S/C13H22ClN3/c1-13(2,9-17-8-12(16)7-15)10-3-5-11(14)6-4-10/h3-6,12,17H,7-9,15-16H2,1-2H3. The molecule has 17 heavy (non-hydrogen) atoms. The molecule has 0 amide bonds. The molecule has 0 bridgehead atoms. The number of benzene rings is 1. The first-order valence-corrected chi connectivity index (χ1v) is 6.26. The molecule has 0 heterocycles. The highest BCUT2D eigenvalue weighted by atomic mass is 35.5. The van der Waals surface area contributed by atoms with Gasteiger partial charge < -0.3 is 16.8 Å². The van der Waals surface area contributed by atoms with Crippen molar-refractivity contribution in [2.24, 2.45) is 11.5 Å². The second-order valence-electron chi connectivity index (χ2n) is 5.02. The molecule has 1 aromatic rings. The lowest BCUT2D eigenvalue weighted by Crippen LogP contribution is -2.43. The van der Waals surface area contributed by atoms with Crippen LogP contribution in [0.4, 0.5) is 0 Å². The molecule has 0 aliphatic carbocycles. The van der Waals surface area contributed by atoms with E-state index in [0.29, 0.717) is 6.54 Å². The Morgan fingerprint density at radius 1 is 1.29 bits per heavy atom. The first-order valence-electron chi connectivity index (χ1n) is 5.88. The van der Waals surface area contributed by atoms with Crippen molar-refractivity contribution >= 4 is 11.6 Å². The average Bonchev–Trinajstić information content (AvgIpc) is 2.29. The zero-order valence-electron chi connectivity index (χ0n) is 10.5. The maximum Gasteiger partial charge on any atom is 0.0406 e. The van der Waals surface area contributed by atoms with E-state index in [9.17, 15) is 0 Å². The minimum absolute atomic E-state index is 0.0241. The summed E-state index contributed by atoms with van der Waals surface area (Å²) in [4.78, 5) is 0. The Labute approximate surface area is 109 Å². The van der Waals surface area contributed by atoms with Crippen LogP contribution in [-0.2, 0) is 5.41 Å². The van der Waals surface area contributed by atoms with Gasteiger partial charge in [0.15, 0.2) is 0 Å². The van der Waals surface area contributed by atoms with Crippen molar-refractivity contribution in [1.29, 1.82) is 0 Å². The Morgan fingerprint density at radius 3 is 2.41 bits per heavy atom. The molecule has 0 spiro atoms. The zero-order chi connectivity index (χ0) is 12.9. The first kappa shape index (κ1) is 14.5. The molecule has 0 fully saturated rings. The smallest absolute Gasteiger partial charge is 0.0406 e. The minimum atomic E-state index is 0.0241. The molecule has 0 saturated carbocycles. The van der Waals surface area contributed by atoms with E-state index in [1.165, 1.54) is 5.56 Å². The van der Waals surface area contributed by atoms with E-state index >= 15 is 0 Å². The third-order valence-electron chi connectivity index (χ3n) is 2.90. The van der Waals surface area contributed by atoms with Crippen molar-refractivity contribution in [2.45, 2.75) is 25.3 Å². The van der Waals surface area contributed by atoms with Crippen LogP contribution in [0.1, 0.15) is 19.4 Å². The summed E-state index contributed by atoms with van der Waals surface area (Å²) >= 11 is 5.88. The maximum atomic E-state index is 5.88. The number of hydrogen-bond acceptors (Lipinski definition) is 3. The number of nitrogens with one attached hydrogen (secondary N) is 1. The summed E-state index contributed by atoms with van der Waals surface area (Å²) in [6.07, 6.45) is 0. The average molecular weight is 256 g/mol. The van der Waals surface area contributed by atoms with E-state index in [1.807, 2.05) is 12.1 Å². The lowest BCUT2D eigenvalue weighted by Gasteiger charge is -2.26. The Kier molecular flexibility index (Phi) is 5.40. The molecule has 3 nitrogen and oxygen atoms in total. The van der Waals surface area contributed by atoms with Crippen molar-refractivity contribution in [2.75, 3.05) is 19.6 Å². The van der Waals surface area contributed by atoms with Gasteiger partial charge in [-0.15, -0.1) is 0 Å². The highest BCUT2D eigenvalue weighted by molar-refractivity contribution is 6.30. The maximum absolute atomic E-state index is 5.88. The lowest BCUT2D eigenvalue weighted by molar-refractivity contribution is 0.454. The topological polar surface area (TPSA) is 64.1 Å². The molecule has 0 aliphatic heterocycles. The fraction of sp³-hybridized carbons (Fsp3) is 0.538. The van der Waals surface area contributed by atoms with Crippen LogP contribution < -0.4 is 16.8 Å². The third-order valence-corrected chi connectivity index (χ3v) is 3.15. The van der Waals surface area contributed by atoms with Crippen LogP contribution in [0.15, 0.2) is 24.3 Å². The van der Waals surface area contributed by atoms with Gasteiger partial charge in [0.2, 0.25) is 0 Å².